The van der Waals surface area contributed by atoms with Crippen LogP contribution in [0.5, 0.6) is 0 Å². The van der Waals surface area contributed by atoms with Crippen LogP contribution in [0.4, 0.5) is 11.4 Å². The zero-order valence-electron chi connectivity index (χ0n) is 13.3. The fourth-order valence-electron chi connectivity index (χ4n) is 2.34. The van der Waals surface area contributed by atoms with Gasteiger partial charge in [0.15, 0.2) is 6.54 Å². The van der Waals surface area contributed by atoms with Gasteiger partial charge in [-0.1, -0.05) is 41.9 Å². The van der Waals surface area contributed by atoms with Gasteiger partial charge in [-0.25, -0.2) is 0 Å². The number of quaternary nitrogens is 1. The summed E-state index contributed by atoms with van der Waals surface area (Å²) in [6.45, 7) is 3.86. The van der Waals surface area contributed by atoms with E-state index in [2.05, 4.69) is 5.32 Å². The molecule has 0 bridgehead atoms. The van der Waals surface area contributed by atoms with Gasteiger partial charge in [-0.15, -0.1) is 0 Å². The molecule has 2 aromatic rings. The van der Waals surface area contributed by atoms with E-state index in [1.54, 1.807) is 0 Å². The predicted molar refractivity (Wildman–Crippen MR) is 93.3 cm³/mol. The van der Waals surface area contributed by atoms with Crippen LogP contribution in [0.25, 0.3) is 0 Å². The maximum Gasteiger partial charge on any atom is 0.279 e. The summed E-state index contributed by atoms with van der Waals surface area (Å²) in [5.74, 6) is -0.182. The van der Waals surface area contributed by atoms with Gasteiger partial charge < -0.3 is 10.2 Å². The number of hydrogen-bond donors (Lipinski definition) is 2. The van der Waals surface area contributed by atoms with E-state index in [4.69, 9.17) is 11.6 Å². The fourth-order valence-corrected chi connectivity index (χ4v) is 2.56. The number of nitro benzene ring substituents is 1. The van der Waals surface area contributed by atoms with Crippen LogP contribution < -0.4 is 10.2 Å². The molecule has 1 atom stereocenters. The highest BCUT2D eigenvalue weighted by atomic mass is 35.5. The Hall–Kier alpha value is -2.44. The molecule has 2 rings (SSSR count). The third kappa shape index (κ3) is 5.04. The smallest absolute Gasteiger partial charge is 0.279 e. The van der Waals surface area contributed by atoms with Crippen molar-refractivity contribution < 1.29 is 14.6 Å². The molecule has 0 heterocycles. The number of non-ortho nitro benzene ring substituents is 1. The number of likely N-dealkylation sites (N-methyl/N-ethyl adjacent to an activating group) is 1. The van der Waals surface area contributed by atoms with Gasteiger partial charge in [-0.05, 0) is 13.0 Å². The van der Waals surface area contributed by atoms with Crippen molar-refractivity contribution in [2.45, 2.75) is 13.5 Å². The highest BCUT2D eigenvalue weighted by Gasteiger charge is 2.16. The van der Waals surface area contributed by atoms with Gasteiger partial charge in [0.2, 0.25) is 0 Å². The molecule has 24 heavy (non-hydrogen) atoms. The Labute approximate surface area is 145 Å². The first kappa shape index (κ1) is 17.9. The summed E-state index contributed by atoms with van der Waals surface area (Å²) in [6, 6.07) is 13.9. The molecular formula is C17H19ClN3O3+. The van der Waals surface area contributed by atoms with Crippen LogP contribution in [0.15, 0.2) is 48.5 Å². The molecule has 126 valence electrons. The van der Waals surface area contributed by atoms with Crippen molar-refractivity contribution in [2.75, 3.05) is 18.4 Å². The van der Waals surface area contributed by atoms with Gasteiger partial charge in [0, 0.05) is 17.7 Å². The number of anilines is 1. The van der Waals surface area contributed by atoms with E-state index in [9.17, 15) is 14.9 Å². The van der Waals surface area contributed by atoms with Crippen LogP contribution in [0.1, 0.15) is 12.5 Å². The van der Waals surface area contributed by atoms with Gasteiger partial charge in [0.05, 0.1) is 22.2 Å². The van der Waals surface area contributed by atoms with Crippen molar-refractivity contribution in [3.63, 3.8) is 0 Å². The normalized spacial score (nSPS) is 11.8. The number of hydrogen-bond acceptors (Lipinski definition) is 3. The van der Waals surface area contributed by atoms with E-state index in [1.165, 1.54) is 18.2 Å². The minimum absolute atomic E-state index is 0.108. The van der Waals surface area contributed by atoms with Crippen molar-refractivity contribution in [3.05, 3.63) is 69.2 Å². The van der Waals surface area contributed by atoms with Crippen molar-refractivity contribution >= 4 is 28.9 Å². The highest BCUT2D eigenvalue weighted by Crippen LogP contribution is 2.26. The second kappa shape index (κ2) is 8.42. The van der Waals surface area contributed by atoms with Crippen molar-refractivity contribution in [1.29, 1.82) is 0 Å². The Morgan fingerprint density at radius 2 is 1.96 bits per heavy atom. The average molecular weight is 349 g/mol. The number of carbonyl (C=O) groups excluding carboxylic acids is 1. The summed E-state index contributed by atoms with van der Waals surface area (Å²) >= 11 is 5.99. The monoisotopic (exact) mass is 348 g/mol. The molecule has 0 aliphatic heterocycles. The Balaban J connectivity index is 1.97. The zero-order valence-corrected chi connectivity index (χ0v) is 14.0. The summed E-state index contributed by atoms with van der Waals surface area (Å²) in [7, 11) is 0. The third-order valence-corrected chi connectivity index (χ3v) is 3.96. The Morgan fingerprint density at radius 3 is 2.54 bits per heavy atom. The molecule has 0 radical (unpaired) electrons. The average Bonchev–Trinajstić information content (AvgIpc) is 2.56. The van der Waals surface area contributed by atoms with E-state index in [1.807, 2.05) is 37.3 Å². The molecule has 0 fully saturated rings. The number of halogens is 1. The van der Waals surface area contributed by atoms with Gasteiger partial charge in [-0.3, -0.25) is 14.9 Å². The van der Waals surface area contributed by atoms with Crippen molar-refractivity contribution in [2.24, 2.45) is 0 Å². The molecule has 1 unspecified atom stereocenters. The lowest BCUT2D eigenvalue weighted by Gasteiger charge is -2.17. The summed E-state index contributed by atoms with van der Waals surface area (Å²) in [5, 5.41) is 13.6. The fraction of sp³-hybridized carbons (Fsp3) is 0.235. The highest BCUT2D eigenvalue weighted by molar-refractivity contribution is 6.33. The first-order valence-corrected chi connectivity index (χ1v) is 7.98. The number of nitro groups is 1. The molecule has 7 heteroatoms. The first-order valence-electron chi connectivity index (χ1n) is 7.61. The largest absolute Gasteiger partial charge is 0.324 e. The molecule has 6 nitrogen and oxygen atoms in total. The minimum atomic E-state index is -0.527. The third-order valence-electron chi connectivity index (χ3n) is 3.65. The van der Waals surface area contributed by atoms with Crippen LogP contribution in [0, 0.1) is 10.1 Å². The second-order valence-corrected chi connectivity index (χ2v) is 5.82. The maximum atomic E-state index is 12.2. The van der Waals surface area contributed by atoms with Crippen molar-refractivity contribution in [1.82, 2.24) is 0 Å². The van der Waals surface area contributed by atoms with E-state index in [-0.39, 0.29) is 16.6 Å². The summed E-state index contributed by atoms with van der Waals surface area (Å²) in [5.41, 5.74) is 1.43. The molecule has 0 aliphatic carbocycles. The van der Waals surface area contributed by atoms with Crippen LogP contribution >= 0.6 is 11.6 Å². The Kier molecular flexibility index (Phi) is 6.28. The van der Waals surface area contributed by atoms with E-state index >= 15 is 0 Å². The summed E-state index contributed by atoms with van der Waals surface area (Å²) in [4.78, 5) is 23.5. The number of rotatable bonds is 7. The molecule has 0 spiro atoms. The van der Waals surface area contributed by atoms with Gasteiger partial charge >= 0.3 is 0 Å². The lowest BCUT2D eigenvalue weighted by Crippen LogP contribution is -3.11. The number of carbonyl (C=O) groups is 1. The molecule has 0 aromatic heterocycles. The first-order chi connectivity index (χ1) is 11.5. The minimum Gasteiger partial charge on any atom is -0.324 e. The van der Waals surface area contributed by atoms with E-state index in [0.717, 1.165) is 23.6 Å². The topological polar surface area (TPSA) is 76.7 Å². The second-order valence-electron chi connectivity index (χ2n) is 5.41. The summed E-state index contributed by atoms with van der Waals surface area (Å²) in [6.07, 6.45) is 0. The maximum absolute atomic E-state index is 12.2. The number of nitrogens with one attached hydrogen (secondary N) is 2. The van der Waals surface area contributed by atoms with Gasteiger partial charge in [0.25, 0.3) is 11.6 Å². The lowest BCUT2D eigenvalue weighted by molar-refractivity contribution is -0.903. The molecule has 2 N–H and O–H groups in total. The Morgan fingerprint density at radius 1 is 1.25 bits per heavy atom. The van der Waals surface area contributed by atoms with Gasteiger partial charge in [-0.2, -0.15) is 0 Å². The molecule has 2 aromatic carbocycles. The lowest BCUT2D eigenvalue weighted by atomic mass is 10.2. The Bertz CT molecular complexity index is 722. The van der Waals surface area contributed by atoms with E-state index in [0.29, 0.717) is 12.2 Å². The van der Waals surface area contributed by atoms with Crippen LogP contribution in [-0.2, 0) is 11.3 Å². The SMILES string of the molecule is CC[NH+](CC(=O)Nc1ccc([N+](=O)[O-])cc1Cl)Cc1ccccc1. The standard InChI is InChI=1S/C17H18ClN3O3/c1-2-20(11-13-6-4-3-5-7-13)12-17(22)19-16-9-8-14(21(23)24)10-15(16)18/h3-10H,2,11-12H2,1H3,(H,19,22)/p+1. The van der Waals surface area contributed by atoms with Crippen molar-refractivity contribution in [3.8, 4) is 0 Å². The molecule has 0 aliphatic rings. The van der Waals surface area contributed by atoms with Crippen LogP contribution in [-0.4, -0.2) is 23.9 Å². The number of nitrogens with zero attached hydrogens (tertiary/aromatic N) is 1. The number of benzene rings is 2. The van der Waals surface area contributed by atoms with Crippen LogP contribution in [0.3, 0.4) is 0 Å². The van der Waals surface area contributed by atoms with Crippen LogP contribution in [0.2, 0.25) is 5.02 Å². The van der Waals surface area contributed by atoms with E-state index < -0.39 is 4.92 Å². The molecule has 1 amide bonds. The zero-order chi connectivity index (χ0) is 17.5. The number of amides is 1. The molecule has 0 saturated heterocycles. The van der Waals surface area contributed by atoms with Gasteiger partial charge in [0.1, 0.15) is 6.54 Å². The predicted octanol–water partition coefficient (Wildman–Crippen LogP) is 2.29. The summed E-state index contributed by atoms with van der Waals surface area (Å²) < 4.78 is 0. The molecular weight excluding hydrogens is 330 g/mol. The quantitative estimate of drug-likeness (QED) is 0.595. The molecule has 0 saturated carbocycles.